The van der Waals surface area contributed by atoms with Crippen molar-refractivity contribution in [2.75, 3.05) is 13.1 Å². The summed E-state index contributed by atoms with van der Waals surface area (Å²) in [5.74, 6) is -3.93. The molecular formula is C38H55N5O9S. The molecule has 0 bridgehead atoms. The number of allylic oxidation sites excluding steroid dienone is 2. The summed E-state index contributed by atoms with van der Waals surface area (Å²) >= 11 is 0. The maximum absolute atomic E-state index is 13.8. The highest BCUT2D eigenvalue weighted by Crippen LogP contribution is 2.39. The van der Waals surface area contributed by atoms with Gasteiger partial charge in [0.1, 0.15) is 12.1 Å². The number of rotatable bonds is 20. The molecule has 3 atom stereocenters. The maximum Gasteiger partial charge on any atom is 0.407 e. The number of nitrogens with zero attached hydrogens (tertiary/aromatic N) is 2. The fraction of sp³-hybridized carbons (Fsp3) is 0.605. The highest BCUT2D eigenvalue weighted by atomic mass is 32.2. The van der Waals surface area contributed by atoms with Gasteiger partial charge >= 0.3 is 16.4 Å². The van der Waals surface area contributed by atoms with Gasteiger partial charge in [0.2, 0.25) is 23.6 Å². The number of hydrogen-bond donors (Lipinski definition) is 4. The highest BCUT2D eigenvalue weighted by Gasteiger charge is 2.44. The molecule has 1 saturated carbocycles. The molecule has 0 spiro atoms. The molecular weight excluding hydrogens is 703 g/mol. The van der Waals surface area contributed by atoms with Gasteiger partial charge in [0, 0.05) is 38.5 Å². The number of nitrogens with one attached hydrogen (secondary N) is 3. The van der Waals surface area contributed by atoms with E-state index < -0.39 is 57.7 Å². The minimum Gasteiger partial charge on any atom is -0.465 e. The third-order valence-corrected chi connectivity index (χ3v) is 11.4. The molecule has 4 rings (SSSR count). The largest absolute Gasteiger partial charge is 0.465 e. The van der Waals surface area contributed by atoms with Crippen LogP contribution in [-0.4, -0.2) is 83.8 Å². The average molecular weight is 758 g/mol. The molecule has 2 fully saturated rings. The van der Waals surface area contributed by atoms with Gasteiger partial charge in [-0.15, -0.1) is 13.2 Å². The Morgan fingerprint density at radius 3 is 2.40 bits per heavy atom. The number of benzene rings is 1. The summed E-state index contributed by atoms with van der Waals surface area (Å²) in [6.45, 7) is 13.6. The number of carbonyl (C=O) groups is 5. The molecule has 1 aromatic carbocycles. The lowest BCUT2D eigenvalue weighted by Gasteiger charge is -2.31. The first-order chi connectivity index (χ1) is 25.1. The number of hydrogen-bond acceptors (Lipinski definition) is 8. The first-order valence-corrected chi connectivity index (χ1v) is 20.0. The Morgan fingerprint density at radius 2 is 1.75 bits per heavy atom. The van der Waals surface area contributed by atoms with Crippen LogP contribution in [0.15, 0.2) is 43.5 Å². The lowest BCUT2D eigenvalue weighted by atomic mass is 9.91. The Hall–Kier alpha value is -4.24. The zero-order valence-electron chi connectivity index (χ0n) is 31.1. The molecule has 53 heavy (non-hydrogen) atoms. The lowest BCUT2D eigenvalue weighted by molar-refractivity contribution is -0.142. The minimum absolute atomic E-state index is 0.236. The van der Waals surface area contributed by atoms with Crippen LogP contribution in [0.3, 0.4) is 0 Å². The summed E-state index contributed by atoms with van der Waals surface area (Å²) in [7, 11) is -4.38. The van der Waals surface area contributed by atoms with E-state index in [4.69, 9.17) is 4.18 Å². The van der Waals surface area contributed by atoms with Gasteiger partial charge in [-0.3, -0.25) is 24.1 Å². The van der Waals surface area contributed by atoms with Crippen molar-refractivity contribution in [2.45, 2.75) is 116 Å². The van der Waals surface area contributed by atoms with Crippen LogP contribution in [0, 0.1) is 17.8 Å². The molecule has 14 nitrogen and oxygen atoms in total. The second-order valence-electron chi connectivity index (χ2n) is 14.9. The van der Waals surface area contributed by atoms with Gasteiger partial charge in [-0.2, -0.15) is 8.42 Å². The first kappa shape index (κ1) is 41.5. The summed E-state index contributed by atoms with van der Waals surface area (Å²) in [5.41, 5.74) is 2.48. The normalized spacial score (nSPS) is 18.6. The van der Waals surface area contributed by atoms with Gasteiger partial charge in [-0.1, -0.05) is 57.0 Å². The average Bonchev–Trinajstić information content (AvgIpc) is 3.46. The Morgan fingerprint density at radius 1 is 1.06 bits per heavy atom. The molecule has 5 amide bonds. The van der Waals surface area contributed by atoms with Crippen molar-refractivity contribution in [3.05, 3.63) is 60.2 Å². The number of likely N-dealkylation sites (tertiary alicyclic amines) is 1. The van der Waals surface area contributed by atoms with E-state index in [9.17, 15) is 37.5 Å². The molecule has 0 radical (unpaired) electrons. The predicted molar refractivity (Wildman–Crippen MR) is 198 cm³/mol. The summed E-state index contributed by atoms with van der Waals surface area (Å²) in [4.78, 5) is 67.6. The van der Waals surface area contributed by atoms with Crippen molar-refractivity contribution in [1.82, 2.24) is 25.2 Å². The summed E-state index contributed by atoms with van der Waals surface area (Å²) in [5, 5.41) is 15.0. The number of amides is 5. The molecule has 2 heterocycles. The van der Waals surface area contributed by atoms with Gasteiger partial charge in [0.15, 0.2) is 0 Å². The number of aryl methyl sites for hydroxylation is 1. The van der Waals surface area contributed by atoms with Gasteiger partial charge in [0.25, 0.3) is 0 Å². The summed E-state index contributed by atoms with van der Waals surface area (Å²) in [6, 6.07) is 4.34. The van der Waals surface area contributed by atoms with Crippen molar-refractivity contribution in [1.29, 1.82) is 0 Å². The Balaban J connectivity index is 1.25. The van der Waals surface area contributed by atoms with Crippen LogP contribution in [0.25, 0.3) is 0 Å². The zero-order chi connectivity index (χ0) is 38.9. The third-order valence-electron chi connectivity index (χ3n) is 10.4. The van der Waals surface area contributed by atoms with E-state index in [1.165, 1.54) is 27.5 Å². The number of unbranched alkanes of at least 4 members (excludes halogenated alkanes) is 3. The first-order valence-electron chi connectivity index (χ1n) is 18.6. The van der Waals surface area contributed by atoms with Crippen molar-refractivity contribution >= 4 is 40.0 Å². The fourth-order valence-corrected chi connectivity index (χ4v) is 8.09. The van der Waals surface area contributed by atoms with E-state index in [0.717, 1.165) is 36.8 Å². The Kier molecular flexibility index (Phi) is 14.3. The maximum atomic E-state index is 13.8. The molecule has 3 aliphatic rings. The van der Waals surface area contributed by atoms with Crippen LogP contribution in [-0.2, 0) is 53.2 Å². The van der Waals surface area contributed by atoms with Crippen molar-refractivity contribution < 1.29 is 41.7 Å². The van der Waals surface area contributed by atoms with E-state index in [2.05, 4.69) is 23.8 Å². The molecule has 4 N–H and O–H groups in total. The molecule has 1 aliphatic carbocycles. The predicted octanol–water partition coefficient (Wildman–Crippen LogP) is 3.96. The quantitative estimate of drug-likeness (QED) is 0.113. The number of carbonyl (C=O) groups excluding carboxylic acids is 4. The van der Waals surface area contributed by atoms with Crippen molar-refractivity contribution in [3.8, 4) is 0 Å². The summed E-state index contributed by atoms with van der Waals surface area (Å²) < 4.78 is 32.0. The molecule has 3 unspecified atom stereocenters. The molecule has 1 saturated heterocycles. The van der Waals surface area contributed by atoms with Gasteiger partial charge in [-0.05, 0) is 74.5 Å². The number of carboxylic acid groups (broad SMARTS) is 1. The van der Waals surface area contributed by atoms with Crippen LogP contribution in [0.2, 0.25) is 0 Å². The van der Waals surface area contributed by atoms with Crippen LogP contribution in [0.1, 0.15) is 95.2 Å². The van der Waals surface area contributed by atoms with E-state index in [0.29, 0.717) is 51.7 Å². The molecule has 292 valence electrons. The third kappa shape index (κ3) is 11.4. The van der Waals surface area contributed by atoms with Gasteiger partial charge < -0.3 is 20.6 Å². The van der Waals surface area contributed by atoms with E-state index in [1.54, 1.807) is 6.92 Å². The Bertz CT molecular complexity index is 1650. The molecule has 1 aromatic rings. The topological polar surface area (TPSA) is 192 Å². The fourth-order valence-electron chi connectivity index (χ4n) is 6.96. The zero-order valence-corrected chi connectivity index (χ0v) is 31.9. The van der Waals surface area contributed by atoms with Crippen molar-refractivity contribution in [3.63, 3.8) is 0 Å². The van der Waals surface area contributed by atoms with Crippen LogP contribution >= 0.6 is 0 Å². The van der Waals surface area contributed by atoms with Gasteiger partial charge in [-0.25, -0.2) is 13.7 Å². The number of fused-ring (bicyclic) bond motifs is 1. The van der Waals surface area contributed by atoms with Gasteiger partial charge in [0.05, 0.1) is 11.5 Å². The standard InChI is InChI=1S/C38H55N5O9S/c1-6-26(7-2)29(34(45)41-53(50,51)52-38(5)19-20-38)22-39-35(46)31-17-13-21-43(31)36(47)33(25(3)4)40-32(44)18-11-9-8-10-14-27-15-12-16-28-23-42(37(48)49)24-30(27)28/h6-7,12,15-16,25-26,29,31,33H,1-2,8-11,13-14,17-24H2,3-5H3,(H,39,46)(H,40,44)(H,41,45)(H,48,49). The SMILES string of the molecule is C=CC(C=C)C(CNC(=O)C1CCCN1C(=O)C(NC(=O)CCCCCCc1cccc2c1CN(C(=O)O)C2)C(C)C)C(=O)NS(=O)(=O)OC1(C)CC1. The minimum atomic E-state index is -4.38. The van der Waals surface area contributed by atoms with E-state index >= 15 is 0 Å². The molecule has 2 aliphatic heterocycles. The van der Waals surface area contributed by atoms with Crippen LogP contribution < -0.4 is 15.4 Å². The summed E-state index contributed by atoms with van der Waals surface area (Å²) in [6.07, 6.45) is 8.42. The highest BCUT2D eigenvalue weighted by molar-refractivity contribution is 7.85. The molecule has 15 heteroatoms. The smallest absolute Gasteiger partial charge is 0.407 e. The van der Waals surface area contributed by atoms with Crippen LogP contribution in [0.4, 0.5) is 4.79 Å². The second-order valence-corrected chi connectivity index (χ2v) is 16.2. The second kappa shape index (κ2) is 18.2. The van der Waals surface area contributed by atoms with E-state index in [1.807, 2.05) is 36.8 Å². The van der Waals surface area contributed by atoms with E-state index in [-0.39, 0.29) is 30.7 Å². The lowest BCUT2D eigenvalue weighted by Crippen LogP contribution is -2.55. The Labute approximate surface area is 313 Å². The van der Waals surface area contributed by atoms with Crippen LogP contribution in [0.5, 0.6) is 0 Å². The molecule has 0 aromatic heterocycles. The van der Waals surface area contributed by atoms with Crippen molar-refractivity contribution in [2.24, 2.45) is 17.8 Å². The monoisotopic (exact) mass is 757 g/mol.